The van der Waals surface area contributed by atoms with Crippen molar-refractivity contribution in [3.63, 3.8) is 0 Å². The summed E-state index contributed by atoms with van der Waals surface area (Å²) in [7, 11) is 0. The zero-order valence-corrected chi connectivity index (χ0v) is 15.1. The van der Waals surface area contributed by atoms with Crippen molar-refractivity contribution in [1.82, 2.24) is 4.98 Å². The highest BCUT2D eigenvalue weighted by Gasteiger charge is 2.06. The molecule has 1 aromatic heterocycles. The Morgan fingerprint density at radius 3 is 2.54 bits per heavy atom. The van der Waals surface area contributed by atoms with E-state index in [0.717, 1.165) is 12.8 Å². The van der Waals surface area contributed by atoms with Gasteiger partial charge in [0.1, 0.15) is 0 Å². The van der Waals surface area contributed by atoms with Crippen LogP contribution in [0.25, 0.3) is 39.8 Å². The average Bonchev–Trinajstić information content (AvgIpc) is 3.06. The molecule has 1 N–H and O–H groups in total. The first-order valence-electron chi connectivity index (χ1n) is 9.18. The van der Waals surface area contributed by atoms with E-state index in [2.05, 4.69) is 78.3 Å². The van der Waals surface area contributed by atoms with Crippen LogP contribution in [0.15, 0.2) is 73.3 Å². The monoisotopic (exact) mass is 337 g/mol. The molecular weight excluding hydrogens is 314 g/mol. The molecule has 0 fully saturated rings. The van der Waals surface area contributed by atoms with Gasteiger partial charge in [-0.2, -0.15) is 0 Å². The molecule has 0 unspecified atom stereocenters. The topological polar surface area (TPSA) is 15.8 Å². The number of nitrogens with one attached hydrogen (secondary N) is 1. The van der Waals surface area contributed by atoms with Gasteiger partial charge in [0.25, 0.3) is 0 Å². The van der Waals surface area contributed by atoms with Gasteiger partial charge in [0, 0.05) is 21.5 Å². The van der Waals surface area contributed by atoms with E-state index in [1.54, 1.807) is 0 Å². The number of hydrogen-bond donors (Lipinski definition) is 1. The lowest BCUT2D eigenvalue weighted by Crippen LogP contribution is -2.24. The molecule has 2 aromatic carbocycles. The normalized spacial score (nSPS) is 14.1. The summed E-state index contributed by atoms with van der Waals surface area (Å²) in [5.41, 5.74) is 6.06. The number of rotatable bonds is 4. The molecule has 0 saturated carbocycles. The van der Waals surface area contributed by atoms with Crippen molar-refractivity contribution < 1.29 is 0 Å². The third-order valence-corrected chi connectivity index (χ3v) is 4.93. The molecule has 0 aliphatic heterocycles. The van der Waals surface area contributed by atoms with Gasteiger partial charge >= 0.3 is 0 Å². The molecule has 3 aromatic rings. The average molecular weight is 337 g/mol. The van der Waals surface area contributed by atoms with E-state index in [0.29, 0.717) is 0 Å². The summed E-state index contributed by atoms with van der Waals surface area (Å²) in [4.78, 5) is 3.57. The molecule has 4 rings (SSSR count). The molecule has 1 heterocycles. The number of H-pyrrole nitrogens is 1. The summed E-state index contributed by atoms with van der Waals surface area (Å²) in [5, 5.41) is 3.95. The van der Waals surface area contributed by atoms with Gasteiger partial charge in [-0.05, 0) is 48.1 Å². The standard InChI is InChI=1S/C25H23N/c1-3-7-18(8-4-2)19-11-13-20(14-12-19)21-15-16-23-22-9-5-6-10-24(22)26-25(23)17-21/h3-4,7-17,26H,1,5-6H2,2H3/b8-4-,18-7+. The van der Waals surface area contributed by atoms with Crippen LogP contribution in [0.5, 0.6) is 0 Å². The lowest BCUT2D eigenvalue weighted by Gasteiger charge is -2.06. The third-order valence-electron chi connectivity index (χ3n) is 4.93. The highest BCUT2D eigenvalue weighted by Crippen LogP contribution is 2.25. The van der Waals surface area contributed by atoms with Gasteiger partial charge in [-0.1, -0.05) is 79.4 Å². The maximum absolute atomic E-state index is 3.81. The quantitative estimate of drug-likeness (QED) is 0.619. The van der Waals surface area contributed by atoms with E-state index < -0.39 is 0 Å². The minimum atomic E-state index is 1.13. The number of benzene rings is 2. The van der Waals surface area contributed by atoms with Crippen LogP contribution in [0.1, 0.15) is 25.3 Å². The SMILES string of the molecule is C=C/C=C(\C=C/C)c1ccc(-c2ccc3c4c([nH]c3c2)=CCCC=4)cc1. The third kappa shape index (κ3) is 2.97. The van der Waals surface area contributed by atoms with Gasteiger partial charge in [-0.25, -0.2) is 0 Å². The maximum atomic E-state index is 3.81. The van der Waals surface area contributed by atoms with Crippen molar-refractivity contribution in [3.8, 4) is 11.1 Å². The van der Waals surface area contributed by atoms with Crippen LogP contribution in [0.3, 0.4) is 0 Å². The molecule has 26 heavy (non-hydrogen) atoms. The predicted molar refractivity (Wildman–Crippen MR) is 114 cm³/mol. The minimum Gasteiger partial charge on any atom is -0.355 e. The van der Waals surface area contributed by atoms with E-state index in [1.807, 2.05) is 19.1 Å². The fourth-order valence-corrected chi connectivity index (χ4v) is 3.67. The first-order valence-corrected chi connectivity index (χ1v) is 9.18. The Hall–Kier alpha value is -3.06. The Labute approximate surface area is 154 Å². The molecular formula is C25H23N. The summed E-state index contributed by atoms with van der Waals surface area (Å²) < 4.78 is 0. The van der Waals surface area contributed by atoms with E-state index in [1.165, 1.54) is 43.7 Å². The Kier molecular flexibility index (Phi) is 4.45. The molecule has 1 heteroatoms. The predicted octanol–water partition coefficient (Wildman–Crippen LogP) is 5.34. The van der Waals surface area contributed by atoms with Crippen LogP contribution in [-0.2, 0) is 0 Å². The highest BCUT2D eigenvalue weighted by molar-refractivity contribution is 5.87. The van der Waals surface area contributed by atoms with Gasteiger partial charge in [0.15, 0.2) is 0 Å². The van der Waals surface area contributed by atoms with Crippen molar-refractivity contribution in [3.05, 3.63) is 89.5 Å². The summed E-state index contributed by atoms with van der Waals surface area (Å²) >= 11 is 0. The second-order valence-corrected chi connectivity index (χ2v) is 6.63. The molecule has 0 atom stereocenters. The second-order valence-electron chi connectivity index (χ2n) is 6.63. The summed E-state index contributed by atoms with van der Waals surface area (Å²) in [5.74, 6) is 0. The van der Waals surface area contributed by atoms with Crippen molar-refractivity contribution in [1.29, 1.82) is 0 Å². The minimum absolute atomic E-state index is 1.13. The van der Waals surface area contributed by atoms with E-state index in [-0.39, 0.29) is 0 Å². The molecule has 0 amide bonds. The second kappa shape index (κ2) is 7.05. The maximum Gasteiger partial charge on any atom is 0.0470 e. The van der Waals surface area contributed by atoms with Crippen LogP contribution in [0.2, 0.25) is 0 Å². The largest absolute Gasteiger partial charge is 0.355 e. The number of hydrogen-bond acceptors (Lipinski definition) is 0. The molecule has 1 aliphatic carbocycles. The van der Waals surface area contributed by atoms with Crippen LogP contribution in [-0.4, -0.2) is 4.98 Å². The molecule has 0 bridgehead atoms. The van der Waals surface area contributed by atoms with Gasteiger partial charge in [-0.3, -0.25) is 0 Å². The van der Waals surface area contributed by atoms with Gasteiger partial charge in [0.2, 0.25) is 0 Å². The molecule has 128 valence electrons. The zero-order chi connectivity index (χ0) is 17.9. The summed E-state index contributed by atoms with van der Waals surface area (Å²) in [6, 6.07) is 15.5. The fraction of sp³-hybridized carbons (Fsp3) is 0.120. The number of aromatic nitrogens is 1. The van der Waals surface area contributed by atoms with Crippen LogP contribution < -0.4 is 10.6 Å². The van der Waals surface area contributed by atoms with Crippen molar-refractivity contribution in [2.75, 3.05) is 0 Å². The van der Waals surface area contributed by atoms with E-state index in [4.69, 9.17) is 0 Å². The molecule has 0 radical (unpaired) electrons. The lowest BCUT2D eigenvalue weighted by molar-refractivity contribution is 1.11. The zero-order valence-electron chi connectivity index (χ0n) is 15.1. The fourth-order valence-electron chi connectivity index (χ4n) is 3.67. The van der Waals surface area contributed by atoms with Gasteiger partial charge in [0.05, 0.1) is 0 Å². The Balaban J connectivity index is 1.74. The summed E-state index contributed by atoms with van der Waals surface area (Å²) in [6.07, 6.45) is 14.9. The first-order chi connectivity index (χ1) is 12.8. The van der Waals surface area contributed by atoms with Crippen molar-refractivity contribution >= 4 is 28.6 Å². The summed E-state index contributed by atoms with van der Waals surface area (Å²) in [6.45, 7) is 5.84. The van der Waals surface area contributed by atoms with Crippen LogP contribution >= 0.6 is 0 Å². The molecule has 1 nitrogen and oxygen atoms in total. The van der Waals surface area contributed by atoms with Gasteiger partial charge in [-0.15, -0.1) is 0 Å². The number of fused-ring (bicyclic) bond motifs is 3. The van der Waals surface area contributed by atoms with Crippen LogP contribution in [0, 0.1) is 0 Å². The van der Waals surface area contributed by atoms with E-state index >= 15 is 0 Å². The van der Waals surface area contributed by atoms with Crippen molar-refractivity contribution in [2.24, 2.45) is 0 Å². The van der Waals surface area contributed by atoms with Gasteiger partial charge < -0.3 is 4.98 Å². The Bertz CT molecular complexity index is 1140. The molecule has 0 saturated heterocycles. The molecule has 1 aliphatic rings. The highest BCUT2D eigenvalue weighted by atomic mass is 14.7. The Morgan fingerprint density at radius 1 is 1.00 bits per heavy atom. The first kappa shape index (κ1) is 16.4. The van der Waals surface area contributed by atoms with Crippen molar-refractivity contribution in [2.45, 2.75) is 19.8 Å². The Morgan fingerprint density at radius 2 is 1.77 bits per heavy atom. The molecule has 0 spiro atoms. The number of allylic oxidation sites excluding steroid dienone is 5. The van der Waals surface area contributed by atoms with E-state index in [9.17, 15) is 0 Å². The number of aromatic amines is 1. The smallest absolute Gasteiger partial charge is 0.0470 e. The lowest BCUT2D eigenvalue weighted by atomic mass is 9.99. The van der Waals surface area contributed by atoms with Crippen LogP contribution in [0.4, 0.5) is 0 Å².